The van der Waals surface area contributed by atoms with Crippen molar-refractivity contribution in [1.82, 2.24) is 0 Å². The molecule has 19 heavy (non-hydrogen) atoms. The third-order valence-electron chi connectivity index (χ3n) is 2.39. The van der Waals surface area contributed by atoms with E-state index in [9.17, 15) is 0 Å². The molecule has 0 N–H and O–H groups in total. The smallest absolute Gasteiger partial charge is 0.168 e. The molecule has 0 radical (unpaired) electrons. The Morgan fingerprint density at radius 3 is 1.32 bits per heavy atom. The van der Waals surface area contributed by atoms with Crippen LogP contribution in [0.1, 0.15) is 34.7 Å². The zero-order valence-electron chi connectivity index (χ0n) is 11.8. The topological polar surface area (TPSA) is 34.1 Å². The molecule has 2 heterocycles. The van der Waals surface area contributed by atoms with Crippen LogP contribution in [-0.4, -0.2) is 8.42 Å². The average Bonchev–Trinajstić information content (AvgIpc) is 2.99. The van der Waals surface area contributed by atoms with Crippen LogP contribution in [-0.2, 0) is 24.4 Å². The maximum atomic E-state index is 8.29. The van der Waals surface area contributed by atoms with Crippen molar-refractivity contribution in [3.05, 3.63) is 43.8 Å². The van der Waals surface area contributed by atoms with E-state index in [1.165, 1.54) is 33.7 Å². The highest BCUT2D eigenvalue weighted by Gasteiger charge is 1.90. The Morgan fingerprint density at radius 2 is 1.21 bits per heavy atom. The first-order valence-electron chi connectivity index (χ1n) is 6.07. The fraction of sp³-hybridized carbons (Fsp3) is 0.429. The third kappa shape index (κ3) is 8.86. The number of thiophene rings is 2. The van der Waals surface area contributed by atoms with Crippen LogP contribution in [0.4, 0.5) is 0 Å². The molecule has 0 fully saturated rings. The molecule has 0 spiro atoms. The molecule has 0 amide bonds. The molecule has 0 atom stereocenters. The third-order valence-corrected chi connectivity index (χ3v) is 4.21. The molecule has 2 aromatic heterocycles. The zero-order valence-corrected chi connectivity index (χ0v) is 14.2. The zero-order chi connectivity index (χ0) is 14.7. The molecule has 5 heteroatoms. The maximum Gasteiger partial charge on any atom is 0.335 e. The van der Waals surface area contributed by atoms with E-state index in [-0.39, 0.29) is 0 Å². The summed E-state index contributed by atoms with van der Waals surface area (Å²) in [6.07, 6.45) is 2.34. The summed E-state index contributed by atoms with van der Waals surface area (Å²) in [6.45, 7) is 8.65. The summed E-state index contributed by atoms with van der Waals surface area (Å²) in [5, 5.41) is 4.44. The maximum absolute atomic E-state index is 8.29. The van der Waals surface area contributed by atoms with Gasteiger partial charge in [-0.05, 0) is 60.7 Å². The molecule has 0 aliphatic carbocycles. The average molecular weight is 317 g/mol. The second kappa shape index (κ2) is 11.1. The van der Waals surface area contributed by atoms with Crippen LogP contribution in [0.2, 0.25) is 0 Å². The van der Waals surface area contributed by atoms with Gasteiger partial charge in [-0.2, -0.15) is 8.42 Å². The first-order chi connectivity index (χ1) is 9.07. The van der Waals surface area contributed by atoms with Crippen molar-refractivity contribution in [1.29, 1.82) is 0 Å². The van der Waals surface area contributed by atoms with Gasteiger partial charge in [0.25, 0.3) is 0 Å². The molecule has 0 aromatic carbocycles. The van der Waals surface area contributed by atoms with E-state index in [1.807, 2.05) is 22.7 Å². The van der Waals surface area contributed by atoms with Gasteiger partial charge in [0.15, 0.2) is 0 Å². The summed E-state index contributed by atoms with van der Waals surface area (Å²) in [7, 11) is 0. The van der Waals surface area contributed by atoms with Crippen LogP contribution in [0.25, 0.3) is 0 Å². The minimum absolute atomic E-state index is 0.750. The molecule has 2 rings (SSSR count). The molecule has 0 aliphatic heterocycles. The van der Waals surface area contributed by atoms with Gasteiger partial charge in [0.2, 0.25) is 0 Å². The molecular weight excluding hydrogens is 296 g/mol. The van der Waals surface area contributed by atoms with E-state index in [2.05, 4.69) is 50.6 Å². The number of rotatable bonds is 2. The molecule has 2 nitrogen and oxygen atoms in total. The minimum atomic E-state index is -0.750. The molecule has 0 saturated carbocycles. The summed E-state index contributed by atoms with van der Waals surface area (Å²) >= 11 is 2.91. The molecule has 106 valence electrons. The van der Waals surface area contributed by atoms with Crippen LogP contribution in [0.15, 0.2) is 22.9 Å². The Labute approximate surface area is 127 Å². The highest BCUT2D eigenvalue weighted by molar-refractivity contribution is 7.51. The Hall–Kier alpha value is -0.780. The quantitative estimate of drug-likeness (QED) is 0.813. The molecule has 0 aliphatic rings. The first-order valence-corrected chi connectivity index (χ1v) is 8.49. The second-order valence-electron chi connectivity index (χ2n) is 3.91. The van der Waals surface area contributed by atoms with E-state index in [1.54, 1.807) is 0 Å². The van der Waals surface area contributed by atoms with Crippen molar-refractivity contribution in [2.24, 2.45) is 0 Å². The highest BCUT2D eigenvalue weighted by Crippen LogP contribution is 2.13. The monoisotopic (exact) mass is 316 g/mol. The van der Waals surface area contributed by atoms with Crippen molar-refractivity contribution in [2.45, 2.75) is 40.5 Å². The van der Waals surface area contributed by atoms with Crippen LogP contribution in [0.3, 0.4) is 0 Å². The lowest BCUT2D eigenvalue weighted by Gasteiger charge is -1.80. The number of aryl methyl sites for hydroxylation is 4. The second-order valence-corrected chi connectivity index (χ2v) is 6.27. The first kappa shape index (κ1) is 18.2. The summed E-state index contributed by atoms with van der Waals surface area (Å²) in [5.41, 5.74) is 2.93. The van der Waals surface area contributed by atoms with Gasteiger partial charge >= 0.3 is 11.6 Å². The van der Waals surface area contributed by atoms with Crippen molar-refractivity contribution < 1.29 is 8.42 Å². The van der Waals surface area contributed by atoms with E-state index in [0.717, 1.165) is 0 Å². The number of hydrogen-bond donors (Lipinski definition) is 0. The molecule has 2 aromatic rings. The SMILES string of the molecule is CCc1csc(C)c1.CCc1csc(C)c1.O=S=O. The van der Waals surface area contributed by atoms with Crippen LogP contribution >= 0.6 is 22.7 Å². The van der Waals surface area contributed by atoms with Gasteiger partial charge in [-0.25, -0.2) is 0 Å². The summed E-state index contributed by atoms with van der Waals surface area (Å²) in [4.78, 5) is 2.84. The molecular formula is C14H20O2S3. The Bertz CT molecular complexity index is 454. The van der Waals surface area contributed by atoms with E-state index in [4.69, 9.17) is 8.42 Å². The van der Waals surface area contributed by atoms with Crippen LogP contribution in [0.5, 0.6) is 0 Å². The van der Waals surface area contributed by atoms with Gasteiger partial charge in [0.05, 0.1) is 0 Å². The van der Waals surface area contributed by atoms with Gasteiger partial charge in [-0.15, -0.1) is 22.7 Å². The van der Waals surface area contributed by atoms with Crippen LogP contribution in [0, 0.1) is 13.8 Å². The van der Waals surface area contributed by atoms with E-state index in [0.29, 0.717) is 0 Å². The van der Waals surface area contributed by atoms with Gasteiger partial charge in [-0.1, -0.05) is 13.8 Å². The Morgan fingerprint density at radius 1 is 0.895 bits per heavy atom. The van der Waals surface area contributed by atoms with Crippen molar-refractivity contribution in [3.8, 4) is 0 Å². The Kier molecular flexibility index (Phi) is 10.6. The standard InChI is InChI=1S/2C7H10S.O2S/c2*1-3-7-4-6(2)8-5-7;1-3-2/h2*4-5H,3H2,1-2H3;. The van der Waals surface area contributed by atoms with Gasteiger partial charge < -0.3 is 0 Å². The lowest BCUT2D eigenvalue weighted by Crippen LogP contribution is -1.67. The predicted molar refractivity (Wildman–Crippen MR) is 85.8 cm³/mol. The Balaban J connectivity index is 0.000000284. The lowest BCUT2D eigenvalue weighted by atomic mass is 10.2. The van der Waals surface area contributed by atoms with Crippen molar-refractivity contribution in [3.63, 3.8) is 0 Å². The number of hydrogen-bond acceptors (Lipinski definition) is 4. The largest absolute Gasteiger partial charge is 0.335 e. The van der Waals surface area contributed by atoms with Crippen molar-refractivity contribution >= 4 is 34.2 Å². The summed E-state index contributed by atoms with van der Waals surface area (Å²) < 4.78 is 16.6. The minimum Gasteiger partial charge on any atom is -0.168 e. The normalized spacial score (nSPS) is 8.84. The fourth-order valence-electron chi connectivity index (χ4n) is 1.37. The predicted octanol–water partition coefficient (Wildman–Crippen LogP) is 4.57. The van der Waals surface area contributed by atoms with E-state index >= 15 is 0 Å². The van der Waals surface area contributed by atoms with Crippen molar-refractivity contribution in [2.75, 3.05) is 0 Å². The van der Waals surface area contributed by atoms with Gasteiger partial charge in [0.1, 0.15) is 0 Å². The van der Waals surface area contributed by atoms with Crippen LogP contribution < -0.4 is 0 Å². The van der Waals surface area contributed by atoms with E-state index < -0.39 is 11.6 Å². The lowest BCUT2D eigenvalue weighted by molar-refractivity contribution is 0.630. The fourth-order valence-corrected chi connectivity index (χ4v) is 2.95. The summed E-state index contributed by atoms with van der Waals surface area (Å²) in [6, 6.07) is 4.48. The van der Waals surface area contributed by atoms with Gasteiger partial charge in [0, 0.05) is 9.75 Å². The summed E-state index contributed by atoms with van der Waals surface area (Å²) in [5.74, 6) is 0. The molecule has 0 unspecified atom stereocenters. The van der Waals surface area contributed by atoms with Gasteiger partial charge in [-0.3, -0.25) is 0 Å². The molecule has 0 saturated heterocycles. The molecule has 0 bridgehead atoms. The highest BCUT2D eigenvalue weighted by atomic mass is 32.1.